The van der Waals surface area contributed by atoms with Crippen LogP contribution in [0.5, 0.6) is 5.75 Å². The molecule has 0 saturated carbocycles. The Morgan fingerprint density at radius 1 is 1.20 bits per heavy atom. The zero-order chi connectivity index (χ0) is 24.9. The first-order valence-electron chi connectivity index (χ1n) is 11.0. The third-order valence-electron chi connectivity index (χ3n) is 5.89. The van der Waals surface area contributed by atoms with Crippen LogP contribution >= 0.6 is 11.3 Å². The number of amides is 4. The van der Waals surface area contributed by atoms with Gasteiger partial charge in [-0.1, -0.05) is 49.4 Å². The van der Waals surface area contributed by atoms with Gasteiger partial charge in [0, 0.05) is 11.3 Å². The predicted octanol–water partition coefficient (Wildman–Crippen LogP) is 3.76. The third kappa shape index (κ3) is 4.92. The number of urea groups is 1. The van der Waals surface area contributed by atoms with Crippen molar-refractivity contribution in [1.29, 1.82) is 0 Å². The second-order valence-corrected chi connectivity index (χ2v) is 8.78. The molecule has 1 aliphatic rings. The van der Waals surface area contributed by atoms with Crippen LogP contribution in [0.2, 0.25) is 0 Å². The fraction of sp³-hybridized carbons (Fsp3) is 0.240. The van der Waals surface area contributed by atoms with Gasteiger partial charge in [-0.25, -0.2) is 14.7 Å². The molecule has 0 radical (unpaired) electrons. The Morgan fingerprint density at radius 3 is 2.51 bits per heavy atom. The average Bonchev–Trinajstić information content (AvgIpc) is 3.46. The van der Waals surface area contributed by atoms with Crippen LogP contribution in [0, 0.1) is 0 Å². The van der Waals surface area contributed by atoms with E-state index in [9.17, 15) is 19.2 Å². The molecule has 4 amide bonds. The lowest BCUT2D eigenvalue weighted by molar-refractivity contribution is -0.134. The number of nitrogens with one attached hydrogen (secondary N) is 2. The van der Waals surface area contributed by atoms with E-state index >= 15 is 0 Å². The molecule has 0 unspecified atom stereocenters. The Bertz CT molecular complexity index is 1230. The Labute approximate surface area is 206 Å². The van der Waals surface area contributed by atoms with Crippen molar-refractivity contribution in [3.63, 3.8) is 0 Å². The van der Waals surface area contributed by atoms with Crippen molar-refractivity contribution in [2.24, 2.45) is 0 Å². The first-order chi connectivity index (χ1) is 17.0. The van der Waals surface area contributed by atoms with Crippen LogP contribution in [-0.2, 0) is 9.59 Å². The molecule has 4 rings (SSSR count). The van der Waals surface area contributed by atoms with Gasteiger partial charge in [-0.3, -0.25) is 14.4 Å². The minimum atomic E-state index is -1.14. The zero-order valence-electron chi connectivity index (χ0n) is 19.1. The molecule has 2 heterocycles. The molecule has 2 aromatic carbocycles. The zero-order valence-corrected chi connectivity index (χ0v) is 20.0. The molecule has 10 heteroatoms. The maximum absolute atomic E-state index is 13.6. The Hall–Kier alpha value is -4.05. The van der Waals surface area contributed by atoms with Gasteiger partial charge in [-0.15, -0.1) is 11.3 Å². The molecule has 3 atom stereocenters. The highest BCUT2D eigenvalue weighted by atomic mass is 32.1. The lowest BCUT2D eigenvalue weighted by Gasteiger charge is -2.31. The highest BCUT2D eigenvalue weighted by Gasteiger charge is 2.48. The van der Waals surface area contributed by atoms with E-state index in [1.165, 1.54) is 12.5 Å². The van der Waals surface area contributed by atoms with E-state index in [1.54, 1.807) is 24.3 Å². The first kappa shape index (κ1) is 24.1. The molecular formula is C25H24N4O5S. The molecule has 9 nitrogen and oxygen atoms in total. The Kier molecular flexibility index (Phi) is 7.21. The number of benzene rings is 2. The molecule has 0 spiro atoms. The number of rotatable bonds is 9. The smallest absolute Gasteiger partial charge is 0.325 e. The van der Waals surface area contributed by atoms with Crippen molar-refractivity contribution in [3.8, 4) is 5.75 Å². The molecule has 2 N–H and O–H groups in total. The van der Waals surface area contributed by atoms with E-state index in [2.05, 4.69) is 15.6 Å². The first-order valence-corrected chi connectivity index (χ1v) is 11.9. The summed E-state index contributed by atoms with van der Waals surface area (Å²) in [4.78, 5) is 56.3. The van der Waals surface area contributed by atoms with E-state index in [1.807, 2.05) is 37.3 Å². The maximum atomic E-state index is 13.6. The van der Waals surface area contributed by atoms with Gasteiger partial charge in [-0.05, 0) is 29.7 Å². The van der Waals surface area contributed by atoms with Crippen LogP contribution in [0.25, 0.3) is 0 Å². The van der Waals surface area contributed by atoms with Gasteiger partial charge in [0.25, 0.3) is 5.91 Å². The van der Waals surface area contributed by atoms with Gasteiger partial charge < -0.3 is 15.4 Å². The molecule has 0 bridgehead atoms. The summed E-state index contributed by atoms with van der Waals surface area (Å²) in [5.41, 5.74) is 1.58. The molecule has 3 aromatic rings. The summed E-state index contributed by atoms with van der Waals surface area (Å²) in [6.07, 6.45) is 1.07. The maximum Gasteiger partial charge on any atom is 0.325 e. The van der Waals surface area contributed by atoms with Crippen molar-refractivity contribution >= 4 is 40.6 Å². The molecule has 1 aliphatic heterocycles. The number of aldehydes is 1. The standard InChI is InChI=1S/C25H24N4O5S/c1-3-19(15-7-5-4-6-8-15)21(22(31)28-24-26-17(13-30)14-35-24)29-23(32)20(27-25(29)33)16-9-11-18(34-2)12-10-16/h4-14,19-21H,3H2,1-2H3,(H,27,33)(H,26,28,31)/t19-,20+,21-/m0/s1. The SMILES string of the molecule is CC[C@@H](c1ccccc1)[C@@H](C(=O)Nc1nc(C=O)cs1)N1C(=O)N[C@H](c2ccc(OC)cc2)C1=O. The number of imide groups is 1. The summed E-state index contributed by atoms with van der Waals surface area (Å²) in [5.74, 6) is -0.937. The van der Waals surface area contributed by atoms with Crippen molar-refractivity contribution in [3.05, 3.63) is 76.8 Å². The topological polar surface area (TPSA) is 118 Å². The monoisotopic (exact) mass is 492 g/mol. The summed E-state index contributed by atoms with van der Waals surface area (Å²) in [5, 5.41) is 7.12. The molecule has 35 heavy (non-hydrogen) atoms. The average molecular weight is 493 g/mol. The summed E-state index contributed by atoms with van der Waals surface area (Å²) in [6.45, 7) is 1.89. The molecule has 1 saturated heterocycles. The van der Waals surface area contributed by atoms with Gasteiger partial charge in [0.05, 0.1) is 7.11 Å². The number of carbonyl (C=O) groups is 4. The number of carbonyl (C=O) groups excluding carboxylic acids is 4. The third-order valence-corrected chi connectivity index (χ3v) is 6.66. The minimum absolute atomic E-state index is 0.187. The molecule has 0 aliphatic carbocycles. The fourth-order valence-corrected chi connectivity index (χ4v) is 4.84. The van der Waals surface area contributed by atoms with E-state index in [0.717, 1.165) is 21.8 Å². The quantitative estimate of drug-likeness (QED) is 0.347. The van der Waals surface area contributed by atoms with Gasteiger partial charge in [0.15, 0.2) is 11.4 Å². The second kappa shape index (κ2) is 10.5. The summed E-state index contributed by atoms with van der Waals surface area (Å²) in [6, 6.07) is 13.3. The van der Waals surface area contributed by atoms with Crippen LogP contribution in [0.1, 0.15) is 46.9 Å². The number of thiazole rings is 1. The van der Waals surface area contributed by atoms with Crippen molar-refractivity contribution < 1.29 is 23.9 Å². The number of methoxy groups -OCH3 is 1. The van der Waals surface area contributed by atoms with Gasteiger partial charge in [0.2, 0.25) is 5.91 Å². The van der Waals surface area contributed by atoms with Crippen molar-refractivity contribution in [2.45, 2.75) is 31.3 Å². The lowest BCUT2D eigenvalue weighted by atomic mass is 9.87. The number of nitrogens with zero attached hydrogens (tertiary/aromatic N) is 2. The van der Waals surface area contributed by atoms with Crippen LogP contribution in [0.3, 0.4) is 0 Å². The molecule has 1 fully saturated rings. The Balaban J connectivity index is 1.70. The number of anilines is 1. The highest BCUT2D eigenvalue weighted by molar-refractivity contribution is 7.14. The predicted molar refractivity (Wildman–Crippen MR) is 131 cm³/mol. The number of hydrogen-bond donors (Lipinski definition) is 2. The van der Waals surface area contributed by atoms with Crippen LogP contribution in [0.15, 0.2) is 60.0 Å². The molecular weight excluding hydrogens is 468 g/mol. The molecule has 180 valence electrons. The highest BCUT2D eigenvalue weighted by Crippen LogP contribution is 2.33. The lowest BCUT2D eigenvalue weighted by Crippen LogP contribution is -2.51. The number of ether oxygens (including phenoxy) is 1. The van der Waals surface area contributed by atoms with Crippen LogP contribution < -0.4 is 15.4 Å². The number of hydrogen-bond acceptors (Lipinski definition) is 7. The van der Waals surface area contributed by atoms with E-state index < -0.39 is 35.8 Å². The largest absolute Gasteiger partial charge is 0.497 e. The van der Waals surface area contributed by atoms with Gasteiger partial charge in [0.1, 0.15) is 23.5 Å². The van der Waals surface area contributed by atoms with Crippen LogP contribution in [0.4, 0.5) is 9.93 Å². The minimum Gasteiger partial charge on any atom is -0.497 e. The van der Waals surface area contributed by atoms with Crippen molar-refractivity contribution in [2.75, 3.05) is 12.4 Å². The fourth-order valence-electron chi connectivity index (χ4n) is 4.18. The Morgan fingerprint density at radius 2 is 1.91 bits per heavy atom. The van der Waals surface area contributed by atoms with E-state index in [-0.39, 0.29) is 10.8 Å². The second-order valence-electron chi connectivity index (χ2n) is 7.92. The summed E-state index contributed by atoms with van der Waals surface area (Å²) >= 11 is 1.09. The van der Waals surface area contributed by atoms with Gasteiger partial charge in [-0.2, -0.15) is 0 Å². The molecule has 1 aromatic heterocycles. The van der Waals surface area contributed by atoms with Crippen molar-refractivity contribution in [1.82, 2.24) is 15.2 Å². The summed E-state index contributed by atoms with van der Waals surface area (Å²) < 4.78 is 5.17. The van der Waals surface area contributed by atoms with E-state index in [4.69, 9.17) is 4.74 Å². The summed E-state index contributed by atoms with van der Waals surface area (Å²) in [7, 11) is 1.54. The van der Waals surface area contributed by atoms with Gasteiger partial charge >= 0.3 is 6.03 Å². The number of aromatic nitrogens is 1. The van der Waals surface area contributed by atoms with Crippen LogP contribution in [-0.4, -0.2) is 47.2 Å². The van der Waals surface area contributed by atoms with E-state index in [0.29, 0.717) is 24.0 Å². The normalized spacial score (nSPS) is 17.0.